The van der Waals surface area contributed by atoms with Gasteiger partial charge >= 0.3 is 0 Å². The van der Waals surface area contributed by atoms with E-state index in [0.717, 1.165) is 36.6 Å². The maximum Gasteiger partial charge on any atom is 0.0924 e. The molecule has 0 bridgehead atoms. The standard InChI is InChI=1S/C15H20N4.ClH/c1-11-8-19(10-14(11)16)9-13-7-15(18-17-13)12-5-3-2-4-6-12;/h2-7,11,14H,8-10,16H2,1H3,(H,17,18);1H. The Hall–Kier alpha value is -1.36. The normalized spacial score (nSPS) is 22.7. The lowest BCUT2D eigenvalue weighted by atomic mass is 10.1. The number of aromatic nitrogens is 2. The van der Waals surface area contributed by atoms with Gasteiger partial charge in [0.2, 0.25) is 0 Å². The van der Waals surface area contributed by atoms with Crippen LogP contribution in [0.5, 0.6) is 0 Å². The monoisotopic (exact) mass is 292 g/mol. The van der Waals surface area contributed by atoms with Crippen LogP contribution in [0, 0.1) is 5.92 Å². The molecule has 2 unspecified atom stereocenters. The summed E-state index contributed by atoms with van der Waals surface area (Å²) >= 11 is 0. The van der Waals surface area contributed by atoms with E-state index < -0.39 is 0 Å². The van der Waals surface area contributed by atoms with E-state index in [0.29, 0.717) is 12.0 Å². The van der Waals surface area contributed by atoms with Gasteiger partial charge in [0, 0.05) is 36.9 Å². The highest BCUT2D eigenvalue weighted by atomic mass is 35.5. The third kappa shape index (κ3) is 3.20. The van der Waals surface area contributed by atoms with E-state index in [1.807, 2.05) is 18.2 Å². The summed E-state index contributed by atoms with van der Waals surface area (Å²) in [6.07, 6.45) is 0. The highest BCUT2D eigenvalue weighted by Gasteiger charge is 2.26. The lowest BCUT2D eigenvalue weighted by Crippen LogP contribution is -2.28. The smallest absolute Gasteiger partial charge is 0.0924 e. The van der Waals surface area contributed by atoms with Gasteiger partial charge in [-0.3, -0.25) is 10.00 Å². The molecule has 0 spiro atoms. The molecular formula is C15H21ClN4. The molecule has 1 aliphatic heterocycles. The number of benzene rings is 1. The van der Waals surface area contributed by atoms with E-state index in [2.05, 4.69) is 40.2 Å². The summed E-state index contributed by atoms with van der Waals surface area (Å²) < 4.78 is 0. The molecule has 3 N–H and O–H groups in total. The molecule has 3 rings (SSSR count). The van der Waals surface area contributed by atoms with Gasteiger partial charge in [0.15, 0.2) is 0 Å². The highest BCUT2D eigenvalue weighted by molar-refractivity contribution is 5.85. The van der Waals surface area contributed by atoms with Gasteiger partial charge in [0.25, 0.3) is 0 Å². The van der Waals surface area contributed by atoms with Crippen molar-refractivity contribution in [2.75, 3.05) is 13.1 Å². The van der Waals surface area contributed by atoms with Crippen molar-refractivity contribution < 1.29 is 0 Å². The van der Waals surface area contributed by atoms with Crippen LogP contribution >= 0.6 is 12.4 Å². The Morgan fingerprint density at radius 2 is 2.05 bits per heavy atom. The van der Waals surface area contributed by atoms with Crippen LogP contribution in [0.4, 0.5) is 0 Å². The van der Waals surface area contributed by atoms with Crippen molar-refractivity contribution in [3.05, 3.63) is 42.1 Å². The van der Waals surface area contributed by atoms with Crippen LogP contribution in [0.3, 0.4) is 0 Å². The van der Waals surface area contributed by atoms with Crippen LogP contribution < -0.4 is 5.73 Å². The van der Waals surface area contributed by atoms with E-state index in [9.17, 15) is 0 Å². The molecule has 1 aromatic carbocycles. The van der Waals surface area contributed by atoms with Crippen LogP contribution in [0.25, 0.3) is 11.3 Å². The second kappa shape index (κ2) is 6.39. The molecule has 0 amide bonds. The maximum atomic E-state index is 6.05. The predicted octanol–water partition coefficient (Wildman–Crippen LogP) is 2.28. The molecule has 20 heavy (non-hydrogen) atoms. The third-order valence-electron chi connectivity index (χ3n) is 3.84. The molecule has 1 fully saturated rings. The Bertz CT molecular complexity index is 530. The van der Waals surface area contributed by atoms with Crippen LogP contribution in [0.15, 0.2) is 36.4 Å². The Morgan fingerprint density at radius 1 is 1.30 bits per heavy atom. The fourth-order valence-corrected chi connectivity index (χ4v) is 2.66. The number of halogens is 1. The largest absolute Gasteiger partial charge is 0.326 e. The number of likely N-dealkylation sites (tertiary alicyclic amines) is 1. The summed E-state index contributed by atoms with van der Waals surface area (Å²) in [5.41, 5.74) is 9.36. The second-order valence-electron chi connectivity index (χ2n) is 5.48. The number of aromatic amines is 1. The fraction of sp³-hybridized carbons (Fsp3) is 0.400. The molecule has 108 valence electrons. The van der Waals surface area contributed by atoms with Crippen LogP contribution in [-0.4, -0.2) is 34.2 Å². The molecular weight excluding hydrogens is 272 g/mol. The topological polar surface area (TPSA) is 57.9 Å². The molecule has 0 radical (unpaired) electrons. The van der Waals surface area contributed by atoms with Gasteiger partial charge in [0.1, 0.15) is 0 Å². The molecule has 2 heterocycles. The minimum Gasteiger partial charge on any atom is -0.326 e. The van der Waals surface area contributed by atoms with Crippen LogP contribution in [-0.2, 0) is 6.54 Å². The van der Waals surface area contributed by atoms with Crippen molar-refractivity contribution >= 4 is 12.4 Å². The molecule has 4 nitrogen and oxygen atoms in total. The summed E-state index contributed by atoms with van der Waals surface area (Å²) in [5.74, 6) is 0.580. The van der Waals surface area contributed by atoms with Gasteiger partial charge in [0.05, 0.1) is 5.69 Å². The molecule has 2 aromatic rings. The van der Waals surface area contributed by atoms with E-state index >= 15 is 0 Å². The SMILES string of the molecule is CC1CN(Cc2cc(-c3ccccc3)n[nH]2)CC1N.Cl. The molecule has 0 aliphatic carbocycles. The lowest BCUT2D eigenvalue weighted by Gasteiger charge is -2.13. The maximum absolute atomic E-state index is 6.05. The van der Waals surface area contributed by atoms with Gasteiger partial charge in [-0.2, -0.15) is 5.10 Å². The summed E-state index contributed by atoms with van der Waals surface area (Å²) in [4.78, 5) is 2.39. The number of nitrogens with zero attached hydrogens (tertiary/aromatic N) is 2. The van der Waals surface area contributed by atoms with Gasteiger partial charge in [-0.1, -0.05) is 37.3 Å². The molecule has 1 saturated heterocycles. The van der Waals surface area contributed by atoms with Crippen LogP contribution in [0.1, 0.15) is 12.6 Å². The minimum atomic E-state index is 0. The number of hydrogen-bond acceptors (Lipinski definition) is 3. The average Bonchev–Trinajstić information content (AvgIpc) is 2.99. The van der Waals surface area contributed by atoms with Gasteiger partial charge in [-0.15, -0.1) is 12.4 Å². The van der Waals surface area contributed by atoms with Crippen molar-refractivity contribution in [2.45, 2.75) is 19.5 Å². The zero-order valence-corrected chi connectivity index (χ0v) is 12.4. The first kappa shape index (κ1) is 15.0. The number of nitrogens with one attached hydrogen (secondary N) is 1. The van der Waals surface area contributed by atoms with Crippen molar-refractivity contribution in [1.82, 2.24) is 15.1 Å². The summed E-state index contributed by atoms with van der Waals surface area (Å²) in [7, 11) is 0. The zero-order valence-electron chi connectivity index (χ0n) is 11.6. The van der Waals surface area contributed by atoms with Crippen molar-refractivity contribution in [2.24, 2.45) is 11.7 Å². The fourth-order valence-electron chi connectivity index (χ4n) is 2.66. The summed E-state index contributed by atoms with van der Waals surface area (Å²) in [5, 5.41) is 7.51. The number of hydrogen-bond donors (Lipinski definition) is 2. The molecule has 0 saturated carbocycles. The van der Waals surface area contributed by atoms with E-state index in [-0.39, 0.29) is 12.4 Å². The second-order valence-corrected chi connectivity index (χ2v) is 5.48. The van der Waals surface area contributed by atoms with E-state index in [1.165, 1.54) is 0 Å². The van der Waals surface area contributed by atoms with Crippen LogP contribution in [0.2, 0.25) is 0 Å². The van der Waals surface area contributed by atoms with Gasteiger partial charge in [-0.25, -0.2) is 0 Å². The summed E-state index contributed by atoms with van der Waals surface area (Å²) in [6.45, 7) is 5.16. The Labute approximate surface area is 125 Å². The number of nitrogens with two attached hydrogens (primary N) is 1. The van der Waals surface area contributed by atoms with Crippen molar-refractivity contribution in [3.8, 4) is 11.3 Å². The lowest BCUT2D eigenvalue weighted by molar-refractivity contribution is 0.315. The van der Waals surface area contributed by atoms with Gasteiger partial charge < -0.3 is 5.73 Å². The predicted molar refractivity (Wildman–Crippen MR) is 83.7 cm³/mol. The zero-order chi connectivity index (χ0) is 13.2. The number of rotatable bonds is 3. The van der Waals surface area contributed by atoms with E-state index in [4.69, 9.17) is 5.73 Å². The Morgan fingerprint density at radius 3 is 2.70 bits per heavy atom. The summed E-state index contributed by atoms with van der Waals surface area (Å²) in [6, 6.07) is 12.7. The molecule has 1 aliphatic rings. The molecule has 5 heteroatoms. The number of H-pyrrole nitrogens is 1. The molecule has 1 aromatic heterocycles. The average molecular weight is 293 g/mol. The van der Waals surface area contributed by atoms with E-state index in [1.54, 1.807) is 0 Å². The first-order chi connectivity index (χ1) is 9.22. The van der Waals surface area contributed by atoms with Crippen molar-refractivity contribution in [1.29, 1.82) is 0 Å². The quantitative estimate of drug-likeness (QED) is 0.912. The molecule has 2 atom stereocenters. The Kier molecular flexibility index (Phi) is 4.81. The first-order valence-electron chi connectivity index (χ1n) is 6.80. The highest BCUT2D eigenvalue weighted by Crippen LogP contribution is 2.20. The Balaban J connectivity index is 0.00000147. The van der Waals surface area contributed by atoms with Gasteiger partial charge in [-0.05, 0) is 12.0 Å². The van der Waals surface area contributed by atoms with Crippen molar-refractivity contribution in [3.63, 3.8) is 0 Å². The first-order valence-corrected chi connectivity index (χ1v) is 6.80. The minimum absolute atomic E-state index is 0. The third-order valence-corrected chi connectivity index (χ3v) is 3.84.